The number of nitrogens with zero attached hydrogens (tertiary/aromatic N) is 3. The highest BCUT2D eigenvalue weighted by Gasteiger charge is 2.21. The largest absolute Gasteiger partial charge is 0.423 e. The van der Waals surface area contributed by atoms with Crippen molar-refractivity contribution in [3.63, 3.8) is 0 Å². The summed E-state index contributed by atoms with van der Waals surface area (Å²) in [5, 5.41) is 10.7. The zero-order valence-corrected chi connectivity index (χ0v) is 10.4. The van der Waals surface area contributed by atoms with Gasteiger partial charge in [-0.2, -0.15) is 4.98 Å². The zero-order valence-electron chi connectivity index (χ0n) is 10.4. The third-order valence-electron chi connectivity index (χ3n) is 3.08. The summed E-state index contributed by atoms with van der Waals surface area (Å²) < 4.78 is 11.1. The van der Waals surface area contributed by atoms with E-state index in [0.29, 0.717) is 36.8 Å². The van der Waals surface area contributed by atoms with Crippen molar-refractivity contribution in [2.45, 2.75) is 13.0 Å². The van der Waals surface area contributed by atoms with Gasteiger partial charge in [0.2, 0.25) is 0 Å². The van der Waals surface area contributed by atoms with Crippen LogP contribution in [0.5, 0.6) is 0 Å². The summed E-state index contributed by atoms with van der Waals surface area (Å²) in [5.74, 6) is 0. The van der Waals surface area contributed by atoms with Crippen molar-refractivity contribution in [3.05, 3.63) is 28.3 Å². The summed E-state index contributed by atoms with van der Waals surface area (Å²) in [6.07, 6.45) is 0.123. The van der Waals surface area contributed by atoms with Gasteiger partial charge in [-0.3, -0.25) is 10.1 Å². The molecule has 0 aliphatic carbocycles. The molecule has 1 aliphatic rings. The molecule has 1 fully saturated rings. The number of rotatable bonds is 2. The molecule has 1 saturated heterocycles. The lowest BCUT2D eigenvalue weighted by Crippen LogP contribution is -2.41. The molecule has 0 radical (unpaired) electrons. The monoisotopic (exact) mass is 263 g/mol. The van der Waals surface area contributed by atoms with Gasteiger partial charge in [0.15, 0.2) is 5.58 Å². The van der Waals surface area contributed by atoms with Crippen LogP contribution in [0.25, 0.3) is 11.1 Å². The van der Waals surface area contributed by atoms with Crippen LogP contribution in [0.15, 0.2) is 22.6 Å². The summed E-state index contributed by atoms with van der Waals surface area (Å²) in [6.45, 7) is 4.02. The molecule has 0 amide bonds. The highest BCUT2D eigenvalue weighted by molar-refractivity contribution is 5.77. The van der Waals surface area contributed by atoms with Gasteiger partial charge in [-0.15, -0.1) is 0 Å². The van der Waals surface area contributed by atoms with Gasteiger partial charge in [0, 0.05) is 19.2 Å². The lowest BCUT2D eigenvalue weighted by molar-refractivity contribution is -0.384. The number of hydrogen-bond donors (Lipinski definition) is 0. The number of nitro groups is 1. The third kappa shape index (κ3) is 2.24. The Bertz CT molecular complexity index is 624. The van der Waals surface area contributed by atoms with E-state index in [1.54, 1.807) is 6.07 Å². The number of hydrogen-bond acceptors (Lipinski definition) is 6. The normalized spacial score (nSPS) is 19.8. The number of oxazole rings is 1. The first-order valence-corrected chi connectivity index (χ1v) is 6.05. The summed E-state index contributed by atoms with van der Waals surface area (Å²) in [4.78, 5) is 16.6. The molecule has 19 heavy (non-hydrogen) atoms. The van der Waals surface area contributed by atoms with Crippen LogP contribution in [0.3, 0.4) is 0 Å². The summed E-state index contributed by atoms with van der Waals surface area (Å²) in [5.41, 5.74) is 1.06. The molecule has 1 aliphatic heterocycles. The van der Waals surface area contributed by atoms with Gasteiger partial charge in [-0.1, -0.05) is 0 Å². The van der Waals surface area contributed by atoms with Crippen LogP contribution in [-0.4, -0.2) is 35.7 Å². The molecule has 1 aromatic carbocycles. The van der Waals surface area contributed by atoms with Crippen LogP contribution in [0.1, 0.15) is 6.92 Å². The SMILES string of the molecule is CC1CN(c2nc3ccc([N+](=O)[O-])cc3o2)CCO1. The molecule has 1 aromatic heterocycles. The first-order valence-electron chi connectivity index (χ1n) is 6.05. The van der Waals surface area contributed by atoms with Crippen molar-refractivity contribution in [3.8, 4) is 0 Å². The van der Waals surface area contributed by atoms with Gasteiger partial charge in [0.1, 0.15) is 5.52 Å². The Kier molecular flexibility index (Phi) is 2.83. The van der Waals surface area contributed by atoms with Crippen LogP contribution in [0.4, 0.5) is 11.7 Å². The quantitative estimate of drug-likeness (QED) is 0.608. The topological polar surface area (TPSA) is 81.6 Å². The second-order valence-corrected chi connectivity index (χ2v) is 4.53. The number of benzene rings is 1. The molecule has 0 N–H and O–H groups in total. The van der Waals surface area contributed by atoms with E-state index in [-0.39, 0.29) is 11.8 Å². The second-order valence-electron chi connectivity index (χ2n) is 4.53. The lowest BCUT2D eigenvalue weighted by atomic mass is 10.3. The standard InChI is InChI=1S/C12H13N3O4/c1-8-7-14(4-5-18-8)12-13-10-3-2-9(15(16)17)6-11(10)19-12/h2-3,6,8H,4-5,7H2,1H3. The molecule has 100 valence electrons. The molecule has 1 atom stereocenters. The van der Waals surface area contributed by atoms with Crippen molar-refractivity contribution in [1.29, 1.82) is 0 Å². The minimum atomic E-state index is -0.446. The van der Waals surface area contributed by atoms with E-state index >= 15 is 0 Å². The van der Waals surface area contributed by atoms with Gasteiger partial charge < -0.3 is 14.1 Å². The summed E-state index contributed by atoms with van der Waals surface area (Å²) in [7, 11) is 0. The molecule has 2 heterocycles. The van der Waals surface area contributed by atoms with Gasteiger partial charge in [-0.05, 0) is 13.0 Å². The summed E-state index contributed by atoms with van der Waals surface area (Å²) in [6, 6.07) is 4.92. The highest BCUT2D eigenvalue weighted by Crippen LogP contribution is 2.26. The Morgan fingerprint density at radius 2 is 2.37 bits per heavy atom. The van der Waals surface area contributed by atoms with E-state index in [1.807, 2.05) is 11.8 Å². The van der Waals surface area contributed by atoms with Crippen LogP contribution < -0.4 is 4.90 Å². The van der Waals surface area contributed by atoms with Crippen molar-refractivity contribution in [1.82, 2.24) is 4.98 Å². The van der Waals surface area contributed by atoms with E-state index < -0.39 is 4.92 Å². The molecule has 1 unspecified atom stereocenters. The van der Waals surface area contributed by atoms with E-state index in [4.69, 9.17) is 9.15 Å². The van der Waals surface area contributed by atoms with Gasteiger partial charge in [-0.25, -0.2) is 0 Å². The van der Waals surface area contributed by atoms with Crippen LogP contribution in [0.2, 0.25) is 0 Å². The molecular weight excluding hydrogens is 250 g/mol. The van der Waals surface area contributed by atoms with E-state index in [2.05, 4.69) is 4.98 Å². The first-order chi connectivity index (χ1) is 9.13. The molecule has 0 saturated carbocycles. The fourth-order valence-electron chi connectivity index (χ4n) is 2.14. The number of aromatic nitrogens is 1. The van der Waals surface area contributed by atoms with E-state index in [0.717, 1.165) is 0 Å². The molecule has 3 rings (SSSR count). The van der Waals surface area contributed by atoms with Crippen LogP contribution in [0, 0.1) is 10.1 Å². The Hall–Kier alpha value is -2.15. The highest BCUT2D eigenvalue weighted by atomic mass is 16.6. The number of fused-ring (bicyclic) bond motifs is 1. The number of morpholine rings is 1. The van der Waals surface area contributed by atoms with Crippen molar-refractivity contribution < 1.29 is 14.1 Å². The smallest absolute Gasteiger partial charge is 0.298 e. The minimum absolute atomic E-state index is 0.00513. The van der Waals surface area contributed by atoms with Crippen molar-refractivity contribution in [2.75, 3.05) is 24.6 Å². The van der Waals surface area contributed by atoms with Crippen LogP contribution in [-0.2, 0) is 4.74 Å². The molecule has 7 nitrogen and oxygen atoms in total. The number of non-ortho nitro benzene ring substituents is 1. The lowest BCUT2D eigenvalue weighted by Gasteiger charge is -2.29. The zero-order chi connectivity index (χ0) is 13.4. The number of nitro benzene ring substituents is 1. The number of ether oxygens (including phenoxy) is 1. The first kappa shape index (κ1) is 11.9. The van der Waals surface area contributed by atoms with Crippen molar-refractivity contribution in [2.24, 2.45) is 0 Å². The van der Waals surface area contributed by atoms with Gasteiger partial charge in [0.05, 0.1) is 23.7 Å². The average molecular weight is 263 g/mol. The van der Waals surface area contributed by atoms with E-state index in [1.165, 1.54) is 12.1 Å². The maximum atomic E-state index is 10.7. The minimum Gasteiger partial charge on any atom is -0.423 e. The second kappa shape index (κ2) is 4.51. The number of anilines is 1. The predicted octanol–water partition coefficient (Wildman–Crippen LogP) is 1.96. The van der Waals surface area contributed by atoms with Gasteiger partial charge >= 0.3 is 0 Å². The maximum absolute atomic E-state index is 10.7. The van der Waals surface area contributed by atoms with E-state index in [9.17, 15) is 10.1 Å². The molecular formula is C12H13N3O4. The average Bonchev–Trinajstić information content (AvgIpc) is 2.81. The van der Waals surface area contributed by atoms with Gasteiger partial charge in [0.25, 0.3) is 11.7 Å². The Balaban J connectivity index is 1.94. The Morgan fingerprint density at radius 3 is 3.11 bits per heavy atom. The fourth-order valence-corrected chi connectivity index (χ4v) is 2.14. The Labute approximate surface area is 108 Å². The molecule has 0 bridgehead atoms. The predicted molar refractivity (Wildman–Crippen MR) is 68.3 cm³/mol. The third-order valence-corrected chi connectivity index (χ3v) is 3.08. The Morgan fingerprint density at radius 1 is 1.53 bits per heavy atom. The molecule has 2 aromatic rings. The maximum Gasteiger partial charge on any atom is 0.298 e. The van der Waals surface area contributed by atoms with Crippen LogP contribution >= 0.6 is 0 Å². The fraction of sp³-hybridized carbons (Fsp3) is 0.417. The molecule has 0 spiro atoms. The summed E-state index contributed by atoms with van der Waals surface area (Å²) >= 11 is 0. The molecule has 7 heteroatoms. The van der Waals surface area contributed by atoms with Crippen molar-refractivity contribution >= 4 is 22.8 Å².